The van der Waals surface area contributed by atoms with E-state index >= 15 is 0 Å². The molecule has 1 amide bonds. The molecule has 0 radical (unpaired) electrons. The van der Waals surface area contributed by atoms with E-state index in [1.807, 2.05) is 0 Å². The molecule has 14 heteroatoms. The van der Waals surface area contributed by atoms with Gasteiger partial charge in [0, 0.05) is 6.42 Å². The van der Waals surface area contributed by atoms with Gasteiger partial charge in [-0.2, -0.15) is 0 Å². The molecule has 0 aliphatic carbocycles. The van der Waals surface area contributed by atoms with Gasteiger partial charge >= 0.3 is 0 Å². The molecule has 0 aromatic heterocycles. The van der Waals surface area contributed by atoms with Gasteiger partial charge in [-0.3, -0.25) is 4.79 Å². The lowest BCUT2D eigenvalue weighted by Crippen LogP contribution is -2.65. The first-order valence-electron chi connectivity index (χ1n) is 38.3. The van der Waals surface area contributed by atoms with Crippen LogP contribution in [0.5, 0.6) is 0 Å². The van der Waals surface area contributed by atoms with Crippen LogP contribution in [0.3, 0.4) is 0 Å². The Morgan fingerprint density at radius 1 is 0.364 bits per heavy atom. The van der Waals surface area contributed by atoms with Gasteiger partial charge in [-0.25, -0.2) is 0 Å². The molecule has 14 nitrogen and oxygen atoms in total. The smallest absolute Gasteiger partial charge is 0.220 e. The lowest BCUT2D eigenvalue weighted by atomic mass is 9.97. The average molecular weight is 1260 g/mol. The molecule has 0 bridgehead atoms. The SMILES string of the molecule is CCCCCCCCCCCCCCCCCCCCCCCCCCCCCC(=O)NC(COC1OC(CO)C(OC2OC(CO)C(O)C(O)C2O)C(O)C1O)C(O)CCCCCCCCCCCCCCCCCCCCCCCCCCCCC. The van der Waals surface area contributed by atoms with Crippen molar-refractivity contribution in [3.05, 3.63) is 0 Å². The maximum absolute atomic E-state index is 13.4. The zero-order chi connectivity index (χ0) is 63.8. The maximum Gasteiger partial charge on any atom is 0.220 e. The number of nitrogens with one attached hydrogen (secondary N) is 1. The summed E-state index contributed by atoms with van der Waals surface area (Å²) in [5.74, 6) is -0.196. The summed E-state index contributed by atoms with van der Waals surface area (Å²) in [4.78, 5) is 13.4. The van der Waals surface area contributed by atoms with Crippen molar-refractivity contribution in [1.82, 2.24) is 5.32 Å². The fourth-order valence-electron chi connectivity index (χ4n) is 13.2. The lowest BCUT2D eigenvalue weighted by Gasteiger charge is -2.46. The predicted octanol–water partition coefficient (Wildman–Crippen LogP) is 16.4. The van der Waals surface area contributed by atoms with Crippen molar-refractivity contribution in [2.24, 2.45) is 0 Å². The third-order valence-corrected chi connectivity index (χ3v) is 19.3. The molecule has 2 aliphatic rings. The minimum atomic E-state index is -1.78. The maximum atomic E-state index is 13.4. The number of aliphatic hydroxyl groups is 8. The molecule has 0 aromatic carbocycles. The second kappa shape index (κ2) is 59.7. The summed E-state index contributed by atoms with van der Waals surface area (Å²) in [6.07, 6.45) is 55.6. The standard InChI is InChI=1S/C74H145NO13/c1-3-5-7-9-11-13-15-17-19-21-23-25-27-29-31-33-35-37-39-41-43-45-47-49-51-53-55-57-63(78)62(61-85-73-71(84)69(82)72(65(60-77)87-73)88-74-70(83)68(81)67(80)64(59-76)86-74)75-66(79)58-56-54-52-50-48-46-44-42-40-38-36-34-32-30-28-26-24-22-20-18-16-14-12-10-8-6-4-2/h62-65,67-74,76-78,80-84H,3-61H2,1-2H3,(H,75,79). The van der Waals surface area contributed by atoms with Gasteiger partial charge in [0.25, 0.3) is 0 Å². The average Bonchev–Trinajstić information content (AvgIpc) is 1.93. The Balaban J connectivity index is 1.63. The Kier molecular flexibility index (Phi) is 56.4. The number of aliphatic hydroxyl groups excluding tert-OH is 8. The topological polar surface area (TPSA) is 228 Å². The zero-order valence-corrected chi connectivity index (χ0v) is 57.3. The van der Waals surface area contributed by atoms with Crippen molar-refractivity contribution < 1.29 is 64.6 Å². The Morgan fingerprint density at radius 3 is 0.966 bits per heavy atom. The normalized spacial score (nSPS) is 23.0. The minimum Gasteiger partial charge on any atom is -0.394 e. The number of rotatable bonds is 65. The molecule has 2 heterocycles. The Morgan fingerprint density at radius 2 is 0.648 bits per heavy atom. The highest BCUT2D eigenvalue weighted by molar-refractivity contribution is 5.76. The summed E-state index contributed by atoms with van der Waals surface area (Å²) >= 11 is 0. The Labute approximate surface area is 540 Å². The summed E-state index contributed by atoms with van der Waals surface area (Å²) in [5.41, 5.74) is 0. The van der Waals surface area contributed by atoms with E-state index in [1.165, 1.54) is 295 Å². The van der Waals surface area contributed by atoms with E-state index in [-0.39, 0.29) is 12.5 Å². The van der Waals surface area contributed by atoms with Crippen molar-refractivity contribution in [3.63, 3.8) is 0 Å². The van der Waals surface area contributed by atoms with Gasteiger partial charge in [0.15, 0.2) is 12.6 Å². The minimum absolute atomic E-state index is 0.196. The molecular weight excluding hydrogens is 1110 g/mol. The van der Waals surface area contributed by atoms with Gasteiger partial charge in [0.05, 0.1) is 32.0 Å². The first kappa shape index (κ1) is 83.1. The predicted molar refractivity (Wildman–Crippen MR) is 360 cm³/mol. The molecule has 2 saturated heterocycles. The number of carbonyl (C=O) groups excluding carboxylic acids is 1. The van der Waals surface area contributed by atoms with Crippen LogP contribution in [0.1, 0.15) is 373 Å². The lowest BCUT2D eigenvalue weighted by molar-refractivity contribution is -0.359. The first-order chi connectivity index (χ1) is 43.1. The van der Waals surface area contributed by atoms with E-state index in [0.29, 0.717) is 12.8 Å². The van der Waals surface area contributed by atoms with Gasteiger partial charge in [-0.15, -0.1) is 0 Å². The molecule has 2 fully saturated rings. The number of hydrogen-bond acceptors (Lipinski definition) is 13. The highest BCUT2D eigenvalue weighted by Gasteiger charge is 2.51. The van der Waals surface area contributed by atoms with E-state index in [1.54, 1.807) is 0 Å². The van der Waals surface area contributed by atoms with Crippen molar-refractivity contribution in [1.29, 1.82) is 0 Å². The summed E-state index contributed by atoms with van der Waals surface area (Å²) in [6.45, 7) is 2.94. The fraction of sp³-hybridized carbons (Fsp3) is 0.986. The molecule has 9 N–H and O–H groups in total. The van der Waals surface area contributed by atoms with Crippen molar-refractivity contribution >= 4 is 5.91 Å². The molecule has 0 saturated carbocycles. The van der Waals surface area contributed by atoms with Crippen LogP contribution >= 0.6 is 0 Å². The van der Waals surface area contributed by atoms with Gasteiger partial charge in [0.1, 0.15) is 48.8 Å². The highest BCUT2D eigenvalue weighted by Crippen LogP contribution is 2.30. The van der Waals surface area contributed by atoms with Crippen LogP contribution < -0.4 is 5.32 Å². The number of carbonyl (C=O) groups is 1. The van der Waals surface area contributed by atoms with Crippen molar-refractivity contribution in [2.75, 3.05) is 19.8 Å². The van der Waals surface area contributed by atoms with Crippen LogP contribution in [0, 0.1) is 0 Å². The molecule has 0 aromatic rings. The van der Waals surface area contributed by atoms with E-state index in [0.717, 1.165) is 51.4 Å². The van der Waals surface area contributed by atoms with Crippen LogP contribution in [0.15, 0.2) is 0 Å². The second-order valence-electron chi connectivity index (χ2n) is 27.5. The van der Waals surface area contributed by atoms with E-state index in [9.17, 15) is 45.6 Å². The third-order valence-electron chi connectivity index (χ3n) is 19.3. The van der Waals surface area contributed by atoms with Crippen molar-refractivity contribution in [2.45, 2.75) is 447 Å². The molecule has 524 valence electrons. The summed E-state index contributed by atoms with van der Waals surface area (Å²) in [6, 6.07) is -0.825. The van der Waals surface area contributed by atoms with Crippen LogP contribution in [0.4, 0.5) is 0 Å². The summed E-state index contributed by atoms with van der Waals surface area (Å²) in [5, 5.41) is 87.8. The quantitative estimate of drug-likeness (QED) is 0.0259. The molecule has 0 spiro atoms. The number of amides is 1. The molecule has 12 unspecified atom stereocenters. The van der Waals surface area contributed by atoms with Gasteiger partial charge in [0.2, 0.25) is 5.91 Å². The number of unbranched alkanes of at least 4 members (excludes halogenated alkanes) is 52. The fourth-order valence-corrected chi connectivity index (χ4v) is 13.2. The van der Waals surface area contributed by atoms with E-state index in [4.69, 9.17) is 18.9 Å². The summed E-state index contributed by atoms with van der Waals surface area (Å²) < 4.78 is 23.0. The van der Waals surface area contributed by atoms with Gasteiger partial charge in [-0.05, 0) is 12.8 Å². The monoisotopic (exact) mass is 1260 g/mol. The number of hydrogen-bond donors (Lipinski definition) is 9. The zero-order valence-electron chi connectivity index (χ0n) is 57.3. The molecular formula is C74H145NO13. The third kappa shape index (κ3) is 43.1. The summed E-state index contributed by atoms with van der Waals surface area (Å²) in [7, 11) is 0. The van der Waals surface area contributed by atoms with Gasteiger partial charge in [-0.1, -0.05) is 354 Å². The largest absolute Gasteiger partial charge is 0.394 e. The van der Waals surface area contributed by atoms with E-state index < -0.39 is 86.8 Å². The Bertz CT molecular complexity index is 1480. The molecule has 2 rings (SSSR count). The number of ether oxygens (including phenoxy) is 4. The molecule has 88 heavy (non-hydrogen) atoms. The van der Waals surface area contributed by atoms with Crippen LogP contribution in [-0.2, 0) is 23.7 Å². The molecule has 12 atom stereocenters. The van der Waals surface area contributed by atoms with Crippen LogP contribution in [0.25, 0.3) is 0 Å². The van der Waals surface area contributed by atoms with Crippen molar-refractivity contribution in [3.8, 4) is 0 Å². The Hall–Kier alpha value is -1.01. The molecule has 2 aliphatic heterocycles. The second-order valence-corrected chi connectivity index (χ2v) is 27.5. The van der Waals surface area contributed by atoms with Gasteiger partial charge < -0.3 is 65.1 Å². The first-order valence-corrected chi connectivity index (χ1v) is 38.3. The van der Waals surface area contributed by atoms with E-state index in [2.05, 4.69) is 19.2 Å². The van der Waals surface area contributed by atoms with Crippen LogP contribution in [-0.4, -0.2) is 140 Å². The van der Waals surface area contributed by atoms with Crippen LogP contribution in [0.2, 0.25) is 0 Å². The highest BCUT2D eigenvalue weighted by atomic mass is 16.7.